The van der Waals surface area contributed by atoms with Crippen LogP contribution in [0.25, 0.3) is 0 Å². The summed E-state index contributed by atoms with van der Waals surface area (Å²) in [6, 6.07) is 9.98. The van der Waals surface area contributed by atoms with E-state index in [0.717, 1.165) is 5.75 Å². The third kappa shape index (κ3) is 5.65. The lowest BCUT2D eigenvalue weighted by Gasteiger charge is -2.03. The van der Waals surface area contributed by atoms with Gasteiger partial charge < -0.3 is 9.47 Å². The van der Waals surface area contributed by atoms with Crippen LogP contribution in [0.15, 0.2) is 30.3 Å². The van der Waals surface area contributed by atoms with Crippen molar-refractivity contribution in [2.75, 3.05) is 6.61 Å². The molecular formula is C17H26O2. The smallest absolute Gasteiger partial charge is 0.119 e. The van der Waals surface area contributed by atoms with E-state index in [4.69, 9.17) is 9.47 Å². The number of epoxide rings is 1. The first kappa shape index (κ1) is 14.4. The fourth-order valence-electron chi connectivity index (χ4n) is 2.40. The van der Waals surface area contributed by atoms with Gasteiger partial charge >= 0.3 is 0 Å². The zero-order valence-corrected chi connectivity index (χ0v) is 12.0. The first-order valence-corrected chi connectivity index (χ1v) is 7.73. The molecule has 0 spiro atoms. The molecule has 1 saturated heterocycles. The molecule has 1 aliphatic rings. The largest absolute Gasteiger partial charge is 0.491 e. The minimum atomic E-state index is 0.329. The second-order valence-electron chi connectivity index (χ2n) is 5.39. The van der Waals surface area contributed by atoms with Gasteiger partial charge in [0.1, 0.15) is 18.5 Å². The number of rotatable bonds is 10. The fraction of sp³-hybridized carbons (Fsp3) is 0.647. The van der Waals surface area contributed by atoms with Crippen LogP contribution in [0.1, 0.15) is 51.9 Å². The SMILES string of the molecule is CCCCCCCCC1OC1COc1ccccc1. The van der Waals surface area contributed by atoms with Gasteiger partial charge in [-0.3, -0.25) is 0 Å². The fourth-order valence-corrected chi connectivity index (χ4v) is 2.40. The van der Waals surface area contributed by atoms with Crippen molar-refractivity contribution < 1.29 is 9.47 Å². The molecule has 2 rings (SSSR count). The highest BCUT2D eigenvalue weighted by Gasteiger charge is 2.38. The number of ether oxygens (including phenoxy) is 2. The normalized spacial score (nSPS) is 21.3. The van der Waals surface area contributed by atoms with E-state index >= 15 is 0 Å². The van der Waals surface area contributed by atoms with E-state index in [1.807, 2.05) is 30.3 Å². The molecule has 0 aromatic heterocycles. The van der Waals surface area contributed by atoms with E-state index in [0.29, 0.717) is 18.8 Å². The minimum Gasteiger partial charge on any atom is -0.491 e. The van der Waals surface area contributed by atoms with Crippen molar-refractivity contribution in [3.63, 3.8) is 0 Å². The molecule has 0 N–H and O–H groups in total. The monoisotopic (exact) mass is 262 g/mol. The van der Waals surface area contributed by atoms with Gasteiger partial charge in [0.2, 0.25) is 0 Å². The summed E-state index contributed by atoms with van der Waals surface area (Å²) in [4.78, 5) is 0. The Balaban J connectivity index is 1.46. The molecule has 2 nitrogen and oxygen atoms in total. The Bertz CT molecular complexity index is 336. The van der Waals surface area contributed by atoms with E-state index in [2.05, 4.69) is 6.92 Å². The van der Waals surface area contributed by atoms with Crippen molar-refractivity contribution >= 4 is 0 Å². The Kier molecular flexibility index (Phi) is 6.22. The molecule has 19 heavy (non-hydrogen) atoms. The Hall–Kier alpha value is -1.02. The highest BCUT2D eigenvalue weighted by Crippen LogP contribution is 2.28. The summed E-state index contributed by atoms with van der Waals surface area (Å²) in [5.74, 6) is 0.941. The summed E-state index contributed by atoms with van der Waals surface area (Å²) in [6.07, 6.45) is 10.1. The molecule has 2 unspecified atom stereocenters. The molecular weight excluding hydrogens is 236 g/mol. The number of hydrogen-bond acceptors (Lipinski definition) is 2. The van der Waals surface area contributed by atoms with Crippen molar-refractivity contribution in [2.24, 2.45) is 0 Å². The van der Waals surface area contributed by atoms with Gasteiger partial charge in [-0.15, -0.1) is 0 Å². The number of hydrogen-bond donors (Lipinski definition) is 0. The zero-order chi connectivity index (χ0) is 13.3. The van der Waals surface area contributed by atoms with Crippen LogP contribution in [-0.4, -0.2) is 18.8 Å². The van der Waals surface area contributed by atoms with E-state index in [1.54, 1.807) is 0 Å². The molecule has 1 aromatic carbocycles. The summed E-state index contributed by atoms with van der Waals surface area (Å²) in [5.41, 5.74) is 0. The predicted molar refractivity (Wildman–Crippen MR) is 78.6 cm³/mol. The lowest BCUT2D eigenvalue weighted by molar-refractivity contribution is 0.259. The van der Waals surface area contributed by atoms with Gasteiger partial charge in [-0.25, -0.2) is 0 Å². The van der Waals surface area contributed by atoms with Crippen LogP contribution in [0.2, 0.25) is 0 Å². The average molecular weight is 262 g/mol. The van der Waals surface area contributed by atoms with Crippen LogP contribution in [-0.2, 0) is 4.74 Å². The maximum Gasteiger partial charge on any atom is 0.119 e. The van der Waals surface area contributed by atoms with Crippen molar-refractivity contribution in [3.8, 4) is 5.75 Å². The Morgan fingerprint density at radius 1 is 0.947 bits per heavy atom. The van der Waals surface area contributed by atoms with Crippen molar-refractivity contribution in [2.45, 2.75) is 64.1 Å². The summed E-state index contributed by atoms with van der Waals surface area (Å²) in [6.45, 7) is 2.96. The van der Waals surface area contributed by atoms with Crippen LogP contribution in [0.3, 0.4) is 0 Å². The van der Waals surface area contributed by atoms with Gasteiger partial charge in [0, 0.05) is 0 Å². The molecule has 106 valence electrons. The minimum absolute atomic E-state index is 0.329. The van der Waals surface area contributed by atoms with E-state index in [9.17, 15) is 0 Å². The molecule has 1 heterocycles. The molecule has 0 bridgehead atoms. The number of para-hydroxylation sites is 1. The molecule has 0 amide bonds. The van der Waals surface area contributed by atoms with Crippen molar-refractivity contribution in [3.05, 3.63) is 30.3 Å². The molecule has 2 heteroatoms. The van der Waals surface area contributed by atoms with Crippen molar-refractivity contribution in [1.29, 1.82) is 0 Å². The zero-order valence-electron chi connectivity index (χ0n) is 12.0. The highest BCUT2D eigenvalue weighted by atomic mass is 16.6. The van der Waals surface area contributed by atoms with Crippen LogP contribution in [0.4, 0.5) is 0 Å². The van der Waals surface area contributed by atoms with Crippen LogP contribution >= 0.6 is 0 Å². The highest BCUT2D eigenvalue weighted by molar-refractivity contribution is 5.21. The van der Waals surface area contributed by atoms with E-state index < -0.39 is 0 Å². The molecule has 1 aliphatic heterocycles. The van der Waals surface area contributed by atoms with Crippen LogP contribution in [0, 0.1) is 0 Å². The quantitative estimate of drug-likeness (QED) is 0.454. The summed E-state index contributed by atoms with van der Waals surface area (Å²) in [5, 5.41) is 0. The second-order valence-corrected chi connectivity index (χ2v) is 5.39. The van der Waals surface area contributed by atoms with Crippen LogP contribution in [0.5, 0.6) is 5.75 Å². The molecule has 0 saturated carbocycles. The average Bonchev–Trinajstić information content (AvgIpc) is 3.20. The topological polar surface area (TPSA) is 21.8 Å². The molecule has 1 fully saturated rings. The first-order valence-electron chi connectivity index (χ1n) is 7.73. The van der Waals surface area contributed by atoms with Gasteiger partial charge in [0.05, 0.1) is 6.10 Å². The molecule has 1 aromatic rings. The third-order valence-corrected chi connectivity index (χ3v) is 3.69. The molecule has 0 radical (unpaired) electrons. The lowest BCUT2D eigenvalue weighted by atomic mass is 10.1. The standard InChI is InChI=1S/C17H26O2/c1-2-3-4-5-6-10-13-16-17(19-16)14-18-15-11-8-7-9-12-15/h7-9,11-12,16-17H,2-6,10,13-14H2,1H3. The number of unbranched alkanes of at least 4 members (excludes halogenated alkanes) is 5. The Morgan fingerprint density at radius 3 is 2.47 bits per heavy atom. The maximum absolute atomic E-state index is 5.69. The van der Waals surface area contributed by atoms with Gasteiger partial charge in [-0.1, -0.05) is 63.6 Å². The first-order chi connectivity index (χ1) is 9.40. The van der Waals surface area contributed by atoms with Crippen molar-refractivity contribution in [1.82, 2.24) is 0 Å². The van der Waals surface area contributed by atoms with Gasteiger partial charge in [-0.2, -0.15) is 0 Å². The Labute approximate surface area is 117 Å². The van der Waals surface area contributed by atoms with Gasteiger partial charge in [-0.05, 0) is 18.6 Å². The van der Waals surface area contributed by atoms with E-state index in [-0.39, 0.29) is 0 Å². The summed E-state index contributed by atoms with van der Waals surface area (Å²) < 4.78 is 11.3. The van der Waals surface area contributed by atoms with Gasteiger partial charge in [0.15, 0.2) is 0 Å². The second kappa shape index (κ2) is 8.21. The maximum atomic E-state index is 5.69. The summed E-state index contributed by atoms with van der Waals surface area (Å²) in [7, 11) is 0. The third-order valence-electron chi connectivity index (χ3n) is 3.69. The Morgan fingerprint density at radius 2 is 1.68 bits per heavy atom. The van der Waals surface area contributed by atoms with Crippen LogP contribution < -0.4 is 4.74 Å². The lowest BCUT2D eigenvalue weighted by Crippen LogP contribution is -2.07. The number of benzene rings is 1. The van der Waals surface area contributed by atoms with E-state index in [1.165, 1.54) is 44.9 Å². The molecule has 2 atom stereocenters. The van der Waals surface area contributed by atoms with Gasteiger partial charge in [0.25, 0.3) is 0 Å². The predicted octanol–water partition coefficient (Wildman–Crippen LogP) is 4.58. The summed E-state index contributed by atoms with van der Waals surface area (Å²) >= 11 is 0. The molecule has 0 aliphatic carbocycles.